The van der Waals surface area contributed by atoms with Crippen molar-refractivity contribution < 1.29 is 14.4 Å². The maximum atomic E-state index is 14.0. The summed E-state index contributed by atoms with van der Waals surface area (Å²) in [6.07, 6.45) is 6.18. The molecule has 2 aliphatic heterocycles. The van der Waals surface area contributed by atoms with Crippen molar-refractivity contribution in [2.24, 2.45) is 28.6 Å². The Bertz CT molecular complexity index is 1130. The van der Waals surface area contributed by atoms with Crippen molar-refractivity contribution in [3.63, 3.8) is 0 Å². The number of carbonyl (C=O) groups is 3. The van der Waals surface area contributed by atoms with E-state index in [1.54, 1.807) is 23.4 Å². The number of hydrogen-bond donors (Lipinski definition) is 3. The van der Waals surface area contributed by atoms with Crippen molar-refractivity contribution in [3.05, 3.63) is 18.5 Å². The number of nitrogens with zero attached hydrogens (tertiary/aromatic N) is 4. The molecule has 1 aromatic rings. The minimum absolute atomic E-state index is 0.0221. The van der Waals surface area contributed by atoms with Gasteiger partial charge in [-0.05, 0) is 54.4 Å². The minimum Gasteiger partial charge on any atom is -0.350 e. The number of hydrogen-bond acceptors (Lipinski definition) is 7. The molecule has 10 heteroatoms. The highest BCUT2D eigenvalue weighted by Crippen LogP contribution is 2.65. The van der Waals surface area contributed by atoms with Crippen LogP contribution in [0.25, 0.3) is 0 Å². The lowest BCUT2D eigenvalue weighted by atomic mass is 9.85. The van der Waals surface area contributed by atoms with Crippen LogP contribution in [0.4, 0.5) is 5.95 Å². The van der Waals surface area contributed by atoms with Gasteiger partial charge in [-0.2, -0.15) is 5.26 Å². The van der Waals surface area contributed by atoms with E-state index in [2.05, 4.69) is 45.8 Å². The molecule has 5 rings (SSSR count). The van der Waals surface area contributed by atoms with Gasteiger partial charge in [-0.15, -0.1) is 0 Å². The van der Waals surface area contributed by atoms with Gasteiger partial charge < -0.3 is 20.9 Å². The molecule has 4 fully saturated rings. The summed E-state index contributed by atoms with van der Waals surface area (Å²) in [4.78, 5) is 50.2. The number of carbonyl (C=O) groups excluding carboxylic acids is 3. The van der Waals surface area contributed by atoms with Crippen LogP contribution in [0.3, 0.4) is 0 Å². The Labute approximate surface area is 218 Å². The first kappa shape index (κ1) is 25.4. The van der Waals surface area contributed by atoms with E-state index in [0.717, 1.165) is 12.8 Å². The fourth-order valence-electron chi connectivity index (χ4n) is 6.47. The van der Waals surface area contributed by atoms with E-state index in [1.807, 2.05) is 20.8 Å². The smallest absolute Gasteiger partial charge is 0.246 e. The SMILES string of the molecule is CC(C)(C)C(Nc1ncccn1)C(=O)N1CC2C(C1C(=O)NC(C#N)CC1CC3(CC3)NC1=O)C2(C)C. The third-order valence-electron chi connectivity index (χ3n) is 8.95. The first-order chi connectivity index (χ1) is 17.4. The van der Waals surface area contributed by atoms with E-state index in [0.29, 0.717) is 18.9 Å². The second-order valence-electron chi connectivity index (χ2n) is 13.0. The highest BCUT2D eigenvalue weighted by Gasteiger charge is 2.69. The molecule has 2 saturated carbocycles. The fraction of sp³-hybridized carbons (Fsp3) is 0.704. The summed E-state index contributed by atoms with van der Waals surface area (Å²) in [5, 5.41) is 19.0. The topological polar surface area (TPSA) is 140 Å². The zero-order valence-corrected chi connectivity index (χ0v) is 22.2. The Morgan fingerprint density at radius 3 is 2.51 bits per heavy atom. The van der Waals surface area contributed by atoms with Crippen molar-refractivity contribution in [2.45, 2.75) is 84.0 Å². The van der Waals surface area contributed by atoms with Crippen molar-refractivity contribution >= 4 is 23.7 Å². The second-order valence-corrected chi connectivity index (χ2v) is 13.0. The van der Waals surface area contributed by atoms with Crippen LogP contribution in [0.15, 0.2) is 18.5 Å². The summed E-state index contributed by atoms with van der Waals surface area (Å²) in [5.41, 5.74) is -0.607. The molecule has 2 saturated heterocycles. The lowest BCUT2D eigenvalue weighted by Crippen LogP contribution is -2.57. The van der Waals surface area contributed by atoms with E-state index >= 15 is 0 Å². The van der Waals surface area contributed by atoms with Crippen molar-refractivity contribution in [1.29, 1.82) is 5.26 Å². The van der Waals surface area contributed by atoms with E-state index in [9.17, 15) is 19.6 Å². The maximum Gasteiger partial charge on any atom is 0.246 e. The van der Waals surface area contributed by atoms with Gasteiger partial charge in [0.05, 0.1) is 6.07 Å². The fourth-order valence-corrected chi connectivity index (χ4v) is 6.47. The van der Waals surface area contributed by atoms with Gasteiger partial charge in [0.15, 0.2) is 0 Å². The molecule has 2 aliphatic carbocycles. The molecule has 1 spiro atoms. The van der Waals surface area contributed by atoms with Crippen LogP contribution in [0.1, 0.15) is 60.3 Å². The van der Waals surface area contributed by atoms with Crippen LogP contribution in [0.5, 0.6) is 0 Å². The first-order valence-corrected chi connectivity index (χ1v) is 13.2. The van der Waals surface area contributed by atoms with Crippen molar-refractivity contribution in [2.75, 3.05) is 11.9 Å². The van der Waals surface area contributed by atoms with Crippen LogP contribution in [-0.2, 0) is 14.4 Å². The molecule has 3 N–H and O–H groups in total. The zero-order chi connectivity index (χ0) is 26.8. The van der Waals surface area contributed by atoms with Gasteiger partial charge in [-0.3, -0.25) is 14.4 Å². The second kappa shape index (κ2) is 8.67. The largest absolute Gasteiger partial charge is 0.350 e. The molecule has 3 amide bonds. The summed E-state index contributed by atoms with van der Waals surface area (Å²) in [5.74, 6) is -0.210. The molecule has 6 unspecified atom stereocenters. The molecule has 0 aromatic carbocycles. The van der Waals surface area contributed by atoms with Crippen molar-refractivity contribution in [3.8, 4) is 6.07 Å². The molecule has 4 aliphatic rings. The molecule has 37 heavy (non-hydrogen) atoms. The summed E-state index contributed by atoms with van der Waals surface area (Å²) < 4.78 is 0. The highest BCUT2D eigenvalue weighted by molar-refractivity contribution is 5.93. The van der Waals surface area contributed by atoms with Crippen LogP contribution in [-0.4, -0.2) is 62.8 Å². The normalized spacial score (nSPS) is 30.1. The molecule has 3 heterocycles. The number of fused-ring (bicyclic) bond motifs is 1. The molecule has 198 valence electrons. The molecule has 1 aromatic heterocycles. The Hall–Kier alpha value is -3.22. The molecular weight excluding hydrogens is 470 g/mol. The van der Waals surface area contributed by atoms with Gasteiger partial charge in [0.25, 0.3) is 0 Å². The Morgan fingerprint density at radius 1 is 1.27 bits per heavy atom. The van der Waals surface area contributed by atoms with E-state index in [4.69, 9.17) is 0 Å². The standard InChI is InChI=1S/C27H37N7O3/c1-25(2,3)20(32-24-29-9-6-10-30-24)23(37)34-14-17-18(26(17,4)5)19(34)22(36)31-16(13-28)11-15-12-27(7-8-27)33-21(15)35/h6,9-10,15-20H,7-8,11-12,14H2,1-5H3,(H,31,36)(H,33,35)(H,29,30,32). The number of rotatable bonds is 7. The number of amides is 3. The van der Waals surface area contributed by atoms with E-state index in [1.165, 1.54) is 0 Å². The lowest BCUT2D eigenvalue weighted by Gasteiger charge is -2.37. The number of piperidine rings is 1. The Morgan fingerprint density at radius 2 is 1.95 bits per heavy atom. The molecule has 10 nitrogen and oxygen atoms in total. The summed E-state index contributed by atoms with van der Waals surface area (Å²) in [7, 11) is 0. The van der Waals surface area contributed by atoms with Crippen LogP contribution in [0, 0.1) is 39.9 Å². The minimum atomic E-state index is -0.788. The molecular formula is C27H37N7O3. The van der Waals surface area contributed by atoms with Gasteiger partial charge in [0.1, 0.15) is 18.1 Å². The number of nitriles is 1. The van der Waals surface area contributed by atoms with Crippen molar-refractivity contribution in [1.82, 2.24) is 25.5 Å². The van der Waals surface area contributed by atoms with Gasteiger partial charge in [-0.25, -0.2) is 9.97 Å². The predicted octanol–water partition coefficient (Wildman–Crippen LogP) is 1.85. The quantitative estimate of drug-likeness (QED) is 0.512. The third kappa shape index (κ3) is 4.64. The number of aromatic nitrogens is 2. The van der Waals surface area contributed by atoms with Gasteiger partial charge in [-0.1, -0.05) is 34.6 Å². The van der Waals surface area contributed by atoms with E-state index in [-0.39, 0.29) is 52.8 Å². The summed E-state index contributed by atoms with van der Waals surface area (Å²) in [6.45, 7) is 10.6. The molecule has 6 atom stereocenters. The lowest BCUT2D eigenvalue weighted by molar-refractivity contribution is -0.142. The average molecular weight is 508 g/mol. The van der Waals surface area contributed by atoms with Crippen LogP contribution < -0.4 is 16.0 Å². The third-order valence-corrected chi connectivity index (χ3v) is 8.95. The average Bonchev–Trinajstić information content (AvgIpc) is 3.55. The summed E-state index contributed by atoms with van der Waals surface area (Å²) in [6, 6.07) is 1.79. The number of anilines is 1. The Kier molecular flexibility index (Phi) is 5.96. The molecule has 0 bridgehead atoms. The van der Waals surface area contributed by atoms with E-state index < -0.39 is 23.5 Å². The first-order valence-electron chi connectivity index (χ1n) is 13.2. The Balaban J connectivity index is 1.32. The maximum absolute atomic E-state index is 14.0. The highest BCUT2D eigenvalue weighted by atomic mass is 16.2. The molecule has 0 radical (unpaired) electrons. The number of likely N-dealkylation sites (tertiary alicyclic amines) is 1. The monoisotopic (exact) mass is 507 g/mol. The van der Waals surface area contributed by atoms with Crippen LogP contribution in [0.2, 0.25) is 0 Å². The number of nitrogens with one attached hydrogen (secondary N) is 3. The van der Waals surface area contributed by atoms with Gasteiger partial charge >= 0.3 is 0 Å². The summed E-state index contributed by atoms with van der Waals surface area (Å²) >= 11 is 0. The van der Waals surface area contributed by atoms with Crippen LogP contribution >= 0.6 is 0 Å². The predicted molar refractivity (Wildman–Crippen MR) is 136 cm³/mol. The van der Waals surface area contributed by atoms with Gasteiger partial charge in [0, 0.05) is 30.4 Å². The zero-order valence-electron chi connectivity index (χ0n) is 22.2. The van der Waals surface area contributed by atoms with Gasteiger partial charge in [0.2, 0.25) is 23.7 Å².